The summed E-state index contributed by atoms with van der Waals surface area (Å²) in [5, 5.41) is 0. The molecule has 0 spiro atoms. The van der Waals surface area contributed by atoms with Gasteiger partial charge >= 0.3 is 0 Å². The minimum Gasteiger partial charge on any atom is -0.368 e. The highest BCUT2D eigenvalue weighted by atomic mass is 16.2. The van der Waals surface area contributed by atoms with E-state index in [0.717, 1.165) is 26.2 Å². The van der Waals surface area contributed by atoms with Crippen LogP contribution in [-0.2, 0) is 4.79 Å². The fourth-order valence-electron chi connectivity index (χ4n) is 2.60. The number of hydrogen-bond donors (Lipinski definition) is 0. The maximum atomic E-state index is 12.0. The highest BCUT2D eigenvalue weighted by Crippen LogP contribution is 2.23. The summed E-state index contributed by atoms with van der Waals surface area (Å²) >= 11 is 0. The van der Waals surface area contributed by atoms with Gasteiger partial charge < -0.3 is 9.80 Å². The van der Waals surface area contributed by atoms with Crippen molar-refractivity contribution < 1.29 is 4.79 Å². The van der Waals surface area contributed by atoms with Crippen molar-refractivity contribution in [2.75, 3.05) is 31.1 Å². The van der Waals surface area contributed by atoms with Crippen LogP contribution in [0.25, 0.3) is 0 Å². The highest BCUT2D eigenvalue weighted by molar-refractivity contribution is 5.88. The molecule has 1 aliphatic heterocycles. The van der Waals surface area contributed by atoms with Gasteiger partial charge in [-0.15, -0.1) is 0 Å². The second-order valence-corrected chi connectivity index (χ2v) is 5.42. The molecule has 0 bridgehead atoms. The zero-order chi connectivity index (χ0) is 15.2. The van der Waals surface area contributed by atoms with E-state index in [9.17, 15) is 4.79 Å². The van der Waals surface area contributed by atoms with Crippen LogP contribution >= 0.6 is 0 Å². The minimum atomic E-state index is 0.105. The summed E-state index contributed by atoms with van der Waals surface area (Å²) in [4.78, 5) is 16.3. The summed E-state index contributed by atoms with van der Waals surface area (Å²) in [7, 11) is 0. The first-order chi connectivity index (χ1) is 10.1. The minimum absolute atomic E-state index is 0.105. The molecule has 1 aromatic rings. The first-order valence-corrected chi connectivity index (χ1v) is 7.53. The molecule has 0 saturated carbocycles. The Labute approximate surface area is 127 Å². The summed E-state index contributed by atoms with van der Waals surface area (Å²) in [6.07, 6.45) is 7.25. The van der Waals surface area contributed by atoms with E-state index in [2.05, 4.69) is 36.9 Å². The van der Waals surface area contributed by atoms with Crippen LogP contribution in [0.1, 0.15) is 18.1 Å². The number of nitrogens with zero attached hydrogens (tertiary/aromatic N) is 2. The molecule has 1 fully saturated rings. The fourth-order valence-corrected chi connectivity index (χ4v) is 2.60. The Morgan fingerprint density at radius 1 is 1.10 bits per heavy atom. The van der Waals surface area contributed by atoms with Crippen LogP contribution in [0, 0.1) is 13.8 Å². The van der Waals surface area contributed by atoms with Crippen LogP contribution < -0.4 is 4.90 Å². The Bertz CT molecular complexity index is 552. The Morgan fingerprint density at radius 3 is 2.48 bits per heavy atom. The zero-order valence-corrected chi connectivity index (χ0v) is 13.2. The van der Waals surface area contributed by atoms with Gasteiger partial charge in [0.05, 0.1) is 0 Å². The number of benzene rings is 1. The summed E-state index contributed by atoms with van der Waals surface area (Å²) in [6.45, 7) is 9.62. The van der Waals surface area contributed by atoms with Crippen molar-refractivity contribution in [3.05, 3.63) is 53.6 Å². The third-order valence-corrected chi connectivity index (χ3v) is 4.05. The molecule has 1 amide bonds. The molecule has 0 aromatic heterocycles. The van der Waals surface area contributed by atoms with Gasteiger partial charge in [0.25, 0.3) is 0 Å². The van der Waals surface area contributed by atoms with Gasteiger partial charge in [0.1, 0.15) is 0 Å². The van der Waals surface area contributed by atoms with Crippen molar-refractivity contribution in [3.63, 3.8) is 0 Å². The molecule has 1 aliphatic rings. The van der Waals surface area contributed by atoms with Crippen molar-refractivity contribution >= 4 is 11.6 Å². The molecule has 3 heteroatoms. The van der Waals surface area contributed by atoms with Crippen LogP contribution in [0.4, 0.5) is 5.69 Å². The Balaban J connectivity index is 1.97. The van der Waals surface area contributed by atoms with E-state index in [0.29, 0.717) is 0 Å². The lowest BCUT2D eigenvalue weighted by Crippen LogP contribution is -2.48. The van der Waals surface area contributed by atoms with Crippen molar-refractivity contribution in [3.8, 4) is 0 Å². The number of piperazine rings is 1. The van der Waals surface area contributed by atoms with E-state index in [4.69, 9.17) is 0 Å². The molecular formula is C18H24N2O. The van der Waals surface area contributed by atoms with Crippen LogP contribution in [0.2, 0.25) is 0 Å². The first kappa shape index (κ1) is 15.4. The average Bonchev–Trinajstić information content (AvgIpc) is 2.50. The van der Waals surface area contributed by atoms with Crippen LogP contribution in [0.3, 0.4) is 0 Å². The standard InChI is InChI=1S/C18H24N2O/c1-4-5-6-10-18(21)20-13-11-19(12-14-20)17-9-7-8-15(2)16(17)3/h4-10H,11-14H2,1-3H3. The predicted molar refractivity (Wildman–Crippen MR) is 88.7 cm³/mol. The van der Waals surface area contributed by atoms with Gasteiger partial charge in [-0.1, -0.05) is 30.4 Å². The molecular weight excluding hydrogens is 260 g/mol. The molecule has 0 N–H and O–H groups in total. The highest BCUT2D eigenvalue weighted by Gasteiger charge is 2.20. The SMILES string of the molecule is CC=CC=CC(=O)N1CCN(c2cccc(C)c2C)CC1. The lowest BCUT2D eigenvalue weighted by molar-refractivity contribution is -0.126. The normalized spacial score (nSPS) is 16.1. The molecule has 1 heterocycles. The van der Waals surface area contributed by atoms with Crippen molar-refractivity contribution in [1.82, 2.24) is 4.90 Å². The van der Waals surface area contributed by atoms with E-state index < -0.39 is 0 Å². The zero-order valence-electron chi connectivity index (χ0n) is 13.2. The molecule has 112 valence electrons. The van der Waals surface area contributed by atoms with E-state index in [1.807, 2.05) is 24.0 Å². The Morgan fingerprint density at radius 2 is 1.81 bits per heavy atom. The largest absolute Gasteiger partial charge is 0.368 e. The Hall–Kier alpha value is -2.03. The maximum Gasteiger partial charge on any atom is 0.246 e. The smallest absolute Gasteiger partial charge is 0.246 e. The van der Waals surface area contributed by atoms with Gasteiger partial charge in [-0.05, 0) is 38.0 Å². The number of aryl methyl sites for hydroxylation is 1. The van der Waals surface area contributed by atoms with Crippen LogP contribution in [0.5, 0.6) is 0 Å². The topological polar surface area (TPSA) is 23.6 Å². The summed E-state index contributed by atoms with van der Waals surface area (Å²) in [5.41, 5.74) is 3.96. The maximum absolute atomic E-state index is 12.0. The molecule has 21 heavy (non-hydrogen) atoms. The molecule has 1 aromatic carbocycles. The van der Waals surface area contributed by atoms with Crippen molar-refractivity contribution in [2.24, 2.45) is 0 Å². The van der Waals surface area contributed by atoms with E-state index >= 15 is 0 Å². The number of allylic oxidation sites excluding steroid dienone is 3. The number of carbonyl (C=O) groups excluding carboxylic acids is 1. The van der Waals surface area contributed by atoms with Gasteiger partial charge in [0.2, 0.25) is 5.91 Å². The quantitative estimate of drug-likeness (QED) is 0.629. The number of hydrogen-bond acceptors (Lipinski definition) is 2. The summed E-state index contributed by atoms with van der Waals surface area (Å²) in [6, 6.07) is 6.42. The molecule has 0 unspecified atom stereocenters. The average molecular weight is 284 g/mol. The van der Waals surface area contributed by atoms with Crippen molar-refractivity contribution in [1.29, 1.82) is 0 Å². The second kappa shape index (κ2) is 7.11. The molecule has 0 atom stereocenters. The first-order valence-electron chi connectivity index (χ1n) is 7.53. The van der Waals surface area contributed by atoms with Gasteiger partial charge in [-0.2, -0.15) is 0 Å². The van der Waals surface area contributed by atoms with Gasteiger partial charge in [-0.25, -0.2) is 0 Å². The summed E-state index contributed by atoms with van der Waals surface area (Å²) in [5.74, 6) is 0.105. The van der Waals surface area contributed by atoms with E-state index in [1.54, 1.807) is 12.2 Å². The molecule has 0 aliphatic carbocycles. The van der Waals surface area contributed by atoms with Crippen molar-refractivity contribution in [2.45, 2.75) is 20.8 Å². The lowest BCUT2D eigenvalue weighted by Gasteiger charge is -2.36. The van der Waals surface area contributed by atoms with Gasteiger partial charge in [-0.3, -0.25) is 4.79 Å². The lowest BCUT2D eigenvalue weighted by atomic mass is 10.1. The van der Waals surface area contributed by atoms with Crippen LogP contribution in [0.15, 0.2) is 42.5 Å². The fraction of sp³-hybridized carbons (Fsp3) is 0.389. The van der Waals surface area contributed by atoms with E-state index in [-0.39, 0.29) is 5.91 Å². The number of rotatable bonds is 3. The third-order valence-electron chi connectivity index (χ3n) is 4.05. The molecule has 0 radical (unpaired) electrons. The van der Waals surface area contributed by atoms with Gasteiger partial charge in [0, 0.05) is 37.9 Å². The monoisotopic (exact) mass is 284 g/mol. The molecule has 1 saturated heterocycles. The second-order valence-electron chi connectivity index (χ2n) is 5.42. The third kappa shape index (κ3) is 3.75. The van der Waals surface area contributed by atoms with Gasteiger partial charge in [0.15, 0.2) is 0 Å². The molecule has 2 rings (SSSR count). The number of anilines is 1. The Kier molecular flexibility index (Phi) is 5.20. The number of carbonyl (C=O) groups is 1. The molecule has 3 nitrogen and oxygen atoms in total. The summed E-state index contributed by atoms with van der Waals surface area (Å²) < 4.78 is 0. The van der Waals surface area contributed by atoms with Crippen LogP contribution in [-0.4, -0.2) is 37.0 Å². The predicted octanol–water partition coefficient (Wildman–Crippen LogP) is 3.08. The number of amides is 1. The van der Waals surface area contributed by atoms with E-state index in [1.165, 1.54) is 16.8 Å².